The molecule has 0 amide bonds. The van der Waals surface area contributed by atoms with Crippen molar-refractivity contribution < 1.29 is 4.74 Å². The van der Waals surface area contributed by atoms with E-state index in [4.69, 9.17) is 4.74 Å². The van der Waals surface area contributed by atoms with Gasteiger partial charge < -0.3 is 14.0 Å². The maximum Gasteiger partial charge on any atom is 0.248 e. The number of anilines is 3. The van der Waals surface area contributed by atoms with Gasteiger partial charge in [0.25, 0.3) is 0 Å². The van der Waals surface area contributed by atoms with E-state index in [0.29, 0.717) is 0 Å². The molecule has 0 N–H and O–H groups in total. The van der Waals surface area contributed by atoms with E-state index in [1.165, 1.54) is 71.3 Å². The second kappa shape index (κ2) is 8.80. The highest BCUT2D eigenvalue weighted by Crippen LogP contribution is 2.53. The van der Waals surface area contributed by atoms with E-state index in [0.717, 1.165) is 22.9 Å². The van der Waals surface area contributed by atoms with Gasteiger partial charge in [-0.25, -0.2) is 0 Å². The van der Waals surface area contributed by atoms with Crippen molar-refractivity contribution in [2.24, 2.45) is 0 Å². The molecule has 11 rings (SSSR count). The molecule has 46 heavy (non-hydrogen) atoms. The third kappa shape index (κ3) is 2.99. The van der Waals surface area contributed by atoms with Crippen LogP contribution in [0.5, 0.6) is 11.5 Å². The standard InChI is InChI=1S/C42H25BN2O/c1-2-13-26(14-3-1)27-15-4-7-18-31(27)43-32-19-12-24-38-42(32)45(35-22-10-11-23-37(35)46-38)36-25-30-28-16-5-8-20-33(28)44-34-21-9-6-17-29(34)39(40(36)43)41(30)44/h1-25H. The van der Waals surface area contributed by atoms with Gasteiger partial charge in [-0.05, 0) is 58.5 Å². The van der Waals surface area contributed by atoms with Gasteiger partial charge >= 0.3 is 0 Å². The van der Waals surface area contributed by atoms with Crippen molar-refractivity contribution in [1.82, 2.24) is 4.40 Å². The lowest BCUT2D eigenvalue weighted by Crippen LogP contribution is -2.58. The Bertz CT molecular complexity index is 2690. The van der Waals surface area contributed by atoms with Crippen LogP contribution in [0.2, 0.25) is 0 Å². The summed E-state index contributed by atoms with van der Waals surface area (Å²) >= 11 is 0. The van der Waals surface area contributed by atoms with Crippen molar-refractivity contribution in [3.05, 3.63) is 152 Å². The Morgan fingerprint density at radius 3 is 2.07 bits per heavy atom. The van der Waals surface area contributed by atoms with E-state index < -0.39 is 0 Å². The van der Waals surface area contributed by atoms with Gasteiger partial charge in [0.2, 0.25) is 6.71 Å². The Balaban J connectivity index is 1.38. The molecule has 0 radical (unpaired) electrons. The molecular formula is C42H25BN2O. The summed E-state index contributed by atoms with van der Waals surface area (Å²) in [5.74, 6) is 1.77. The Morgan fingerprint density at radius 1 is 0.500 bits per heavy atom. The van der Waals surface area contributed by atoms with Crippen LogP contribution in [0.1, 0.15) is 0 Å². The lowest BCUT2D eigenvalue weighted by molar-refractivity contribution is 0.477. The summed E-state index contributed by atoms with van der Waals surface area (Å²) in [6, 6.07) is 55.1. The molecule has 0 bridgehead atoms. The van der Waals surface area contributed by atoms with E-state index in [9.17, 15) is 0 Å². The number of aromatic nitrogens is 1. The number of fused-ring (bicyclic) bond motifs is 11. The van der Waals surface area contributed by atoms with E-state index >= 15 is 0 Å². The molecule has 4 heterocycles. The van der Waals surface area contributed by atoms with Crippen molar-refractivity contribution >= 4 is 78.3 Å². The lowest BCUT2D eigenvalue weighted by Gasteiger charge is -2.41. The van der Waals surface area contributed by atoms with Gasteiger partial charge in [-0.3, -0.25) is 0 Å². The summed E-state index contributed by atoms with van der Waals surface area (Å²) in [4.78, 5) is 2.48. The first-order valence-electron chi connectivity index (χ1n) is 15.9. The third-order valence-corrected chi connectivity index (χ3v) is 10.2. The van der Waals surface area contributed by atoms with Gasteiger partial charge in [-0.2, -0.15) is 0 Å². The monoisotopic (exact) mass is 584 g/mol. The fraction of sp³-hybridized carbons (Fsp3) is 0. The Morgan fingerprint density at radius 2 is 1.17 bits per heavy atom. The number of benzene rings is 7. The minimum Gasteiger partial charge on any atom is -0.453 e. The van der Waals surface area contributed by atoms with Gasteiger partial charge in [-0.1, -0.05) is 121 Å². The number of hydrogen-bond acceptors (Lipinski definition) is 2. The van der Waals surface area contributed by atoms with Crippen LogP contribution >= 0.6 is 0 Å². The molecule has 0 spiro atoms. The molecule has 212 valence electrons. The Labute approximate surface area is 265 Å². The molecule has 0 aliphatic carbocycles. The molecule has 2 aliphatic heterocycles. The fourth-order valence-corrected chi connectivity index (χ4v) is 8.43. The van der Waals surface area contributed by atoms with Gasteiger partial charge in [0.1, 0.15) is 0 Å². The average molecular weight is 584 g/mol. The van der Waals surface area contributed by atoms with Crippen molar-refractivity contribution in [2.75, 3.05) is 4.90 Å². The largest absolute Gasteiger partial charge is 0.453 e. The molecule has 0 fully saturated rings. The normalized spacial score (nSPS) is 13.3. The lowest BCUT2D eigenvalue weighted by atomic mass is 9.33. The fourth-order valence-electron chi connectivity index (χ4n) is 8.43. The first kappa shape index (κ1) is 24.3. The maximum atomic E-state index is 6.66. The molecule has 7 aromatic carbocycles. The summed E-state index contributed by atoms with van der Waals surface area (Å²) in [6.07, 6.45) is 0. The van der Waals surface area contributed by atoms with Gasteiger partial charge in [0.15, 0.2) is 11.5 Å². The zero-order valence-electron chi connectivity index (χ0n) is 24.8. The molecule has 0 atom stereocenters. The van der Waals surface area contributed by atoms with Crippen molar-refractivity contribution in [1.29, 1.82) is 0 Å². The van der Waals surface area contributed by atoms with Crippen molar-refractivity contribution in [3.63, 3.8) is 0 Å². The number of para-hydroxylation sites is 5. The highest BCUT2D eigenvalue weighted by molar-refractivity contribution is 7.00. The molecule has 0 unspecified atom stereocenters. The SMILES string of the molecule is c1ccc(-c2ccccc2B2c3cccc4c3N(c3ccccc3O4)c3cc4c5ccccc5n5c6ccccc6c(c32)c45)cc1. The quantitative estimate of drug-likeness (QED) is 0.189. The smallest absolute Gasteiger partial charge is 0.248 e. The highest BCUT2D eigenvalue weighted by Gasteiger charge is 2.43. The van der Waals surface area contributed by atoms with E-state index in [1.807, 2.05) is 0 Å². The Hall–Kier alpha value is -6.00. The van der Waals surface area contributed by atoms with Crippen LogP contribution in [0.25, 0.3) is 49.2 Å². The zero-order chi connectivity index (χ0) is 29.9. The summed E-state index contributed by atoms with van der Waals surface area (Å²) in [5.41, 5.74) is 13.6. The first-order valence-corrected chi connectivity index (χ1v) is 15.9. The number of rotatable bonds is 2. The van der Waals surface area contributed by atoms with E-state index in [2.05, 4.69) is 161 Å². The van der Waals surface area contributed by atoms with Crippen LogP contribution in [-0.4, -0.2) is 11.1 Å². The second-order valence-corrected chi connectivity index (χ2v) is 12.4. The van der Waals surface area contributed by atoms with Crippen LogP contribution in [-0.2, 0) is 0 Å². The minimum atomic E-state index is -0.0245. The molecule has 2 aromatic heterocycles. The third-order valence-electron chi connectivity index (χ3n) is 10.2. The van der Waals surface area contributed by atoms with Crippen LogP contribution in [0.3, 0.4) is 0 Å². The Kier molecular flexibility index (Phi) is 4.66. The summed E-state index contributed by atoms with van der Waals surface area (Å²) in [5, 5.41) is 5.17. The van der Waals surface area contributed by atoms with E-state index in [-0.39, 0.29) is 6.71 Å². The summed E-state index contributed by atoms with van der Waals surface area (Å²) in [6.45, 7) is -0.0245. The summed E-state index contributed by atoms with van der Waals surface area (Å²) < 4.78 is 9.15. The van der Waals surface area contributed by atoms with E-state index in [1.54, 1.807) is 0 Å². The number of ether oxygens (including phenoxy) is 1. The van der Waals surface area contributed by atoms with Crippen molar-refractivity contribution in [2.45, 2.75) is 0 Å². The van der Waals surface area contributed by atoms with Gasteiger partial charge in [0.05, 0.1) is 27.9 Å². The molecule has 0 saturated heterocycles. The topological polar surface area (TPSA) is 16.9 Å². The van der Waals surface area contributed by atoms with Crippen LogP contribution in [0.4, 0.5) is 17.1 Å². The highest BCUT2D eigenvalue weighted by atomic mass is 16.5. The van der Waals surface area contributed by atoms with Crippen LogP contribution < -0.4 is 26.0 Å². The average Bonchev–Trinajstić information content (AvgIpc) is 3.64. The minimum absolute atomic E-state index is 0.0245. The molecule has 9 aromatic rings. The molecule has 4 heteroatoms. The van der Waals surface area contributed by atoms with Crippen LogP contribution in [0.15, 0.2) is 152 Å². The predicted octanol–water partition coefficient (Wildman–Crippen LogP) is 8.91. The predicted molar refractivity (Wildman–Crippen MR) is 192 cm³/mol. The molecule has 2 aliphatic rings. The first-order chi connectivity index (χ1) is 22.9. The molecule has 0 saturated carbocycles. The molecular weight excluding hydrogens is 559 g/mol. The molecule has 3 nitrogen and oxygen atoms in total. The maximum absolute atomic E-state index is 6.66. The number of hydrogen-bond donors (Lipinski definition) is 0. The summed E-state index contributed by atoms with van der Waals surface area (Å²) in [7, 11) is 0. The van der Waals surface area contributed by atoms with Crippen molar-refractivity contribution in [3.8, 4) is 22.6 Å². The number of nitrogens with zero attached hydrogens (tertiary/aromatic N) is 2. The van der Waals surface area contributed by atoms with Crippen LogP contribution in [0, 0.1) is 0 Å². The second-order valence-electron chi connectivity index (χ2n) is 12.4. The van der Waals surface area contributed by atoms with Gasteiger partial charge in [-0.15, -0.1) is 0 Å². The zero-order valence-corrected chi connectivity index (χ0v) is 24.8. The van der Waals surface area contributed by atoms with Gasteiger partial charge in [0, 0.05) is 27.2 Å².